The van der Waals surface area contributed by atoms with Gasteiger partial charge in [-0.2, -0.15) is 0 Å². The summed E-state index contributed by atoms with van der Waals surface area (Å²) in [4.78, 5) is 13.7. The van der Waals surface area contributed by atoms with Gasteiger partial charge in [0.15, 0.2) is 5.84 Å². The Kier molecular flexibility index (Phi) is 4.97. The topological polar surface area (TPSA) is 78.9 Å². The van der Waals surface area contributed by atoms with Crippen molar-refractivity contribution in [3.8, 4) is 0 Å². The molecule has 1 rings (SSSR count). The van der Waals surface area contributed by atoms with Gasteiger partial charge in [0, 0.05) is 6.54 Å². The van der Waals surface area contributed by atoms with Crippen LogP contribution in [-0.4, -0.2) is 34.9 Å². The van der Waals surface area contributed by atoms with Gasteiger partial charge in [-0.05, 0) is 31.5 Å². The highest BCUT2D eigenvalue weighted by Gasteiger charge is 2.18. The van der Waals surface area contributed by atoms with Crippen LogP contribution in [0.25, 0.3) is 0 Å². The van der Waals surface area contributed by atoms with E-state index in [1.54, 1.807) is 12.1 Å². The Morgan fingerprint density at radius 2 is 2.22 bits per heavy atom. The maximum absolute atomic E-state index is 12.2. The lowest BCUT2D eigenvalue weighted by Crippen LogP contribution is -2.38. The van der Waals surface area contributed by atoms with Gasteiger partial charge in [-0.25, -0.2) is 0 Å². The average Bonchev–Trinajstić information content (AvgIpc) is 2.34. The van der Waals surface area contributed by atoms with Crippen LogP contribution in [0.3, 0.4) is 0 Å². The van der Waals surface area contributed by atoms with E-state index in [9.17, 15) is 4.79 Å². The minimum absolute atomic E-state index is 0.0200. The number of rotatable bonds is 4. The van der Waals surface area contributed by atoms with Crippen molar-refractivity contribution in [2.75, 3.05) is 13.1 Å². The number of aryl methyl sites for hydroxylation is 1. The molecular weight excluding hydrogens is 254 g/mol. The second-order valence-electron chi connectivity index (χ2n) is 3.89. The van der Waals surface area contributed by atoms with Gasteiger partial charge in [-0.15, -0.1) is 0 Å². The van der Waals surface area contributed by atoms with Crippen LogP contribution < -0.4 is 5.73 Å². The molecule has 1 aromatic rings. The number of likely N-dealkylation sites (N-methyl/N-ethyl adjacent to an activating group) is 1. The number of amidine groups is 1. The van der Waals surface area contributed by atoms with Crippen molar-refractivity contribution < 1.29 is 10.0 Å². The van der Waals surface area contributed by atoms with E-state index < -0.39 is 0 Å². The molecule has 0 radical (unpaired) electrons. The Labute approximate surface area is 111 Å². The summed E-state index contributed by atoms with van der Waals surface area (Å²) in [6, 6.07) is 5.22. The molecule has 0 aliphatic carbocycles. The summed E-state index contributed by atoms with van der Waals surface area (Å²) in [6.45, 7) is 4.22. The lowest BCUT2D eigenvalue weighted by molar-refractivity contribution is 0.0786. The first-order valence-electron chi connectivity index (χ1n) is 5.51. The highest BCUT2D eigenvalue weighted by molar-refractivity contribution is 6.33. The predicted octanol–water partition coefficient (Wildman–Crippen LogP) is 1.86. The summed E-state index contributed by atoms with van der Waals surface area (Å²) in [5, 5.41) is 11.8. The Bertz CT molecular complexity index is 474. The standard InChI is InChI=1S/C12H16ClN3O2/c1-3-16(7-11(14)15-18)12(17)9-5-4-8(2)6-10(9)13/h4-6,18H,3,7H2,1-2H3,(H2,14,15). The van der Waals surface area contributed by atoms with Gasteiger partial charge in [0.2, 0.25) is 0 Å². The molecule has 0 saturated carbocycles. The number of hydrogen-bond acceptors (Lipinski definition) is 3. The van der Waals surface area contributed by atoms with Crippen LogP contribution in [0.2, 0.25) is 5.02 Å². The maximum atomic E-state index is 12.2. The molecule has 98 valence electrons. The molecule has 0 atom stereocenters. The van der Waals surface area contributed by atoms with Crippen molar-refractivity contribution >= 4 is 23.3 Å². The fourth-order valence-electron chi connectivity index (χ4n) is 1.52. The molecule has 0 aromatic heterocycles. The number of benzene rings is 1. The van der Waals surface area contributed by atoms with Gasteiger partial charge in [-0.3, -0.25) is 4.79 Å². The molecule has 0 aliphatic rings. The van der Waals surface area contributed by atoms with Crippen molar-refractivity contribution in [2.24, 2.45) is 10.9 Å². The van der Waals surface area contributed by atoms with Gasteiger partial charge < -0.3 is 15.8 Å². The van der Waals surface area contributed by atoms with Crippen molar-refractivity contribution in [1.29, 1.82) is 0 Å². The van der Waals surface area contributed by atoms with Gasteiger partial charge in [0.25, 0.3) is 5.91 Å². The number of carbonyl (C=O) groups excluding carboxylic acids is 1. The lowest BCUT2D eigenvalue weighted by atomic mass is 10.1. The minimum atomic E-state index is -0.242. The number of nitrogens with two attached hydrogens (primary N) is 1. The van der Waals surface area contributed by atoms with E-state index in [0.29, 0.717) is 17.1 Å². The first-order chi connectivity index (χ1) is 8.49. The molecule has 5 nitrogen and oxygen atoms in total. The third-order valence-electron chi connectivity index (χ3n) is 2.51. The average molecular weight is 270 g/mol. The molecule has 0 fully saturated rings. The highest BCUT2D eigenvalue weighted by atomic mass is 35.5. The van der Waals surface area contributed by atoms with E-state index >= 15 is 0 Å². The van der Waals surface area contributed by atoms with Crippen LogP contribution in [0.1, 0.15) is 22.8 Å². The second-order valence-corrected chi connectivity index (χ2v) is 4.30. The van der Waals surface area contributed by atoms with Crippen molar-refractivity contribution in [2.45, 2.75) is 13.8 Å². The van der Waals surface area contributed by atoms with Gasteiger partial charge in [-0.1, -0.05) is 22.8 Å². The molecule has 0 unspecified atom stereocenters. The van der Waals surface area contributed by atoms with E-state index in [4.69, 9.17) is 22.5 Å². The van der Waals surface area contributed by atoms with E-state index in [0.717, 1.165) is 5.56 Å². The number of carbonyl (C=O) groups is 1. The molecule has 0 heterocycles. The Morgan fingerprint density at radius 1 is 1.56 bits per heavy atom. The summed E-state index contributed by atoms with van der Waals surface area (Å²) < 4.78 is 0. The summed E-state index contributed by atoms with van der Waals surface area (Å²) in [6.07, 6.45) is 0. The van der Waals surface area contributed by atoms with Gasteiger partial charge in [0.05, 0.1) is 17.1 Å². The van der Waals surface area contributed by atoms with Crippen LogP contribution in [-0.2, 0) is 0 Å². The van der Waals surface area contributed by atoms with Crippen LogP contribution in [0.5, 0.6) is 0 Å². The highest BCUT2D eigenvalue weighted by Crippen LogP contribution is 2.19. The van der Waals surface area contributed by atoms with Crippen molar-refractivity contribution in [3.63, 3.8) is 0 Å². The number of hydrogen-bond donors (Lipinski definition) is 2. The zero-order valence-electron chi connectivity index (χ0n) is 10.4. The van der Waals surface area contributed by atoms with Crippen LogP contribution in [0.4, 0.5) is 0 Å². The smallest absolute Gasteiger partial charge is 0.255 e. The fourth-order valence-corrected chi connectivity index (χ4v) is 1.83. The second kappa shape index (κ2) is 6.26. The van der Waals surface area contributed by atoms with Crippen molar-refractivity contribution in [3.05, 3.63) is 34.3 Å². The van der Waals surface area contributed by atoms with E-state index in [1.807, 2.05) is 19.9 Å². The zero-order valence-corrected chi connectivity index (χ0v) is 11.1. The molecule has 0 bridgehead atoms. The summed E-state index contributed by atoms with van der Waals surface area (Å²) in [7, 11) is 0. The van der Waals surface area contributed by atoms with Crippen molar-refractivity contribution in [1.82, 2.24) is 4.90 Å². The molecule has 0 aliphatic heterocycles. The minimum Gasteiger partial charge on any atom is -0.409 e. The first kappa shape index (κ1) is 14.3. The van der Waals surface area contributed by atoms with E-state index in [2.05, 4.69) is 5.16 Å². The first-order valence-corrected chi connectivity index (χ1v) is 5.89. The zero-order chi connectivity index (χ0) is 13.7. The summed E-state index contributed by atoms with van der Waals surface area (Å²) in [5.41, 5.74) is 6.79. The maximum Gasteiger partial charge on any atom is 0.255 e. The third-order valence-corrected chi connectivity index (χ3v) is 2.82. The molecule has 0 spiro atoms. The number of amides is 1. The molecule has 18 heavy (non-hydrogen) atoms. The molecule has 1 aromatic carbocycles. The molecular formula is C12H16ClN3O2. The molecule has 0 saturated heterocycles. The van der Waals surface area contributed by atoms with Gasteiger partial charge >= 0.3 is 0 Å². The third kappa shape index (κ3) is 3.37. The Balaban J connectivity index is 2.96. The fraction of sp³-hybridized carbons (Fsp3) is 0.333. The number of halogens is 1. The van der Waals surface area contributed by atoms with Crippen LogP contribution in [0.15, 0.2) is 23.4 Å². The SMILES string of the molecule is CCN(C/C(N)=N/O)C(=O)c1ccc(C)cc1Cl. The quantitative estimate of drug-likeness (QED) is 0.379. The van der Waals surface area contributed by atoms with E-state index in [-0.39, 0.29) is 18.3 Å². The van der Waals surface area contributed by atoms with E-state index in [1.165, 1.54) is 4.90 Å². The number of nitrogens with zero attached hydrogens (tertiary/aromatic N) is 2. The molecule has 6 heteroatoms. The summed E-state index contributed by atoms with van der Waals surface area (Å²) >= 11 is 6.04. The monoisotopic (exact) mass is 269 g/mol. The number of oxime groups is 1. The Hall–Kier alpha value is -1.75. The van der Waals surface area contributed by atoms with Gasteiger partial charge in [0.1, 0.15) is 0 Å². The Morgan fingerprint density at radius 3 is 2.72 bits per heavy atom. The lowest BCUT2D eigenvalue weighted by Gasteiger charge is -2.20. The molecule has 1 amide bonds. The largest absolute Gasteiger partial charge is 0.409 e. The normalized spacial score (nSPS) is 11.4. The molecule has 3 N–H and O–H groups in total. The predicted molar refractivity (Wildman–Crippen MR) is 71.2 cm³/mol. The summed E-state index contributed by atoms with van der Waals surface area (Å²) in [5.74, 6) is -0.262. The van der Waals surface area contributed by atoms with Crippen LogP contribution >= 0.6 is 11.6 Å². The van der Waals surface area contributed by atoms with Crippen LogP contribution in [0, 0.1) is 6.92 Å².